The first-order chi connectivity index (χ1) is 10.0. The van der Waals surface area contributed by atoms with Gasteiger partial charge in [-0.3, -0.25) is 0 Å². The Morgan fingerprint density at radius 1 is 1.27 bits per heavy atom. The molecule has 1 unspecified atom stereocenters. The lowest BCUT2D eigenvalue weighted by molar-refractivity contribution is 0.0526. The van der Waals surface area contributed by atoms with Crippen LogP contribution in [0.5, 0.6) is 0 Å². The highest BCUT2D eigenvalue weighted by molar-refractivity contribution is 7.89. The zero-order chi connectivity index (χ0) is 17.2. The number of methoxy groups -OCH3 is 1. The molecular formula is C13H29N3O5S. The number of carbonyl (C=O) groups is 1. The minimum absolute atomic E-state index is 0.00665. The first-order valence-electron chi connectivity index (χ1n) is 7.23. The quantitative estimate of drug-likeness (QED) is 0.489. The number of hydrogen-bond acceptors (Lipinski definition) is 6. The number of ether oxygens (including phenoxy) is 2. The van der Waals surface area contributed by atoms with E-state index in [0.717, 1.165) is 12.8 Å². The molecule has 0 radical (unpaired) electrons. The Hall–Kier alpha value is -0.900. The molecule has 4 N–H and O–H groups in total. The number of sulfonamides is 1. The molecule has 0 aromatic heterocycles. The molecule has 0 aromatic rings. The number of hydrogen-bond donors (Lipinski definition) is 3. The maximum atomic E-state index is 11.5. The molecule has 132 valence electrons. The fraction of sp³-hybridized carbons (Fsp3) is 0.923. The van der Waals surface area contributed by atoms with Gasteiger partial charge in [-0.05, 0) is 33.6 Å². The van der Waals surface area contributed by atoms with Crippen molar-refractivity contribution in [2.24, 2.45) is 5.14 Å². The molecule has 0 bridgehead atoms. The van der Waals surface area contributed by atoms with Crippen molar-refractivity contribution in [2.45, 2.75) is 45.3 Å². The monoisotopic (exact) mass is 339 g/mol. The van der Waals surface area contributed by atoms with Crippen LogP contribution in [-0.2, 0) is 19.5 Å². The third-order valence-corrected chi connectivity index (χ3v) is 3.36. The average Bonchev–Trinajstić information content (AvgIpc) is 2.30. The van der Waals surface area contributed by atoms with Gasteiger partial charge in [0.05, 0.1) is 12.4 Å². The van der Waals surface area contributed by atoms with Crippen molar-refractivity contribution < 1.29 is 22.7 Å². The van der Waals surface area contributed by atoms with Gasteiger partial charge in [0.1, 0.15) is 5.60 Å². The van der Waals surface area contributed by atoms with E-state index in [1.54, 1.807) is 27.9 Å². The zero-order valence-electron chi connectivity index (χ0n) is 13.8. The molecule has 0 saturated carbocycles. The minimum Gasteiger partial charge on any atom is -0.444 e. The van der Waals surface area contributed by atoms with Crippen molar-refractivity contribution in [3.63, 3.8) is 0 Å². The lowest BCUT2D eigenvalue weighted by Gasteiger charge is -2.20. The fourth-order valence-corrected chi connectivity index (χ4v) is 2.11. The number of primary sulfonamides is 1. The van der Waals surface area contributed by atoms with Crippen molar-refractivity contribution >= 4 is 16.1 Å². The van der Waals surface area contributed by atoms with E-state index in [1.807, 2.05) is 0 Å². The second kappa shape index (κ2) is 9.98. The first kappa shape index (κ1) is 21.1. The van der Waals surface area contributed by atoms with Crippen molar-refractivity contribution in [1.29, 1.82) is 0 Å². The van der Waals surface area contributed by atoms with Crippen LogP contribution in [0, 0.1) is 0 Å². The topological polar surface area (TPSA) is 120 Å². The van der Waals surface area contributed by atoms with Gasteiger partial charge in [-0.1, -0.05) is 0 Å². The van der Waals surface area contributed by atoms with Gasteiger partial charge >= 0.3 is 6.09 Å². The molecule has 0 aliphatic carbocycles. The molecule has 0 heterocycles. The maximum absolute atomic E-state index is 11.5. The number of rotatable bonds is 10. The number of carbonyl (C=O) groups excluding carboxylic acids is 1. The lowest BCUT2D eigenvalue weighted by atomic mass is 10.1. The molecule has 0 fully saturated rings. The Kier molecular flexibility index (Phi) is 9.58. The molecule has 0 aliphatic rings. The van der Waals surface area contributed by atoms with Crippen LogP contribution in [-0.4, -0.2) is 58.7 Å². The van der Waals surface area contributed by atoms with E-state index in [9.17, 15) is 13.2 Å². The summed E-state index contributed by atoms with van der Waals surface area (Å²) in [7, 11) is -1.89. The molecular weight excluding hydrogens is 310 g/mol. The van der Waals surface area contributed by atoms with Gasteiger partial charge in [0.2, 0.25) is 10.0 Å². The van der Waals surface area contributed by atoms with Gasteiger partial charge in [-0.25, -0.2) is 18.4 Å². The molecule has 0 saturated heterocycles. The lowest BCUT2D eigenvalue weighted by Crippen LogP contribution is -2.38. The molecule has 1 amide bonds. The molecule has 22 heavy (non-hydrogen) atoms. The van der Waals surface area contributed by atoms with Crippen LogP contribution >= 0.6 is 0 Å². The summed E-state index contributed by atoms with van der Waals surface area (Å²) in [6.07, 6.45) is 1.00. The van der Waals surface area contributed by atoms with Crippen molar-refractivity contribution in [1.82, 2.24) is 10.6 Å². The van der Waals surface area contributed by atoms with E-state index in [2.05, 4.69) is 10.6 Å². The summed E-state index contributed by atoms with van der Waals surface area (Å²) in [6, 6.07) is 0.00665. The summed E-state index contributed by atoms with van der Waals surface area (Å²) >= 11 is 0. The van der Waals surface area contributed by atoms with Gasteiger partial charge < -0.3 is 20.1 Å². The zero-order valence-corrected chi connectivity index (χ0v) is 14.7. The fourth-order valence-electron chi connectivity index (χ4n) is 1.70. The van der Waals surface area contributed by atoms with Crippen molar-refractivity contribution in [3.05, 3.63) is 0 Å². The largest absolute Gasteiger partial charge is 0.444 e. The molecule has 1 atom stereocenters. The summed E-state index contributed by atoms with van der Waals surface area (Å²) < 4.78 is 31.9. The maximum Gasteiger partial charge on any atom is 0.407 e. The normalized spacial score (nSPS) is 13.7. The summed E-state index contributed by atoms with van der Waals surface area (Å²) in [6.45, 7) is 6.61. The summed E-state index contributed by atoms with van der Waals surface area (Å²) in [5.41, 5.74) is -0.516. The van der Waals surface area contributed by atoms with Crippen LogP contribution in [0.2, 0.25) is 0 Å². The van der Waals surface area contributed by atoms with Gasteiger partial charge in [0.25, 0.3) is 0 Å². The molecule has 8 nitrogen and oxygen atoms in total. The van der Waals surface area contributed by atoms with Crippen LogP contribution in [0.15, 0.2) is 0 Å². The van der Waals surface area contributed by atoms with Gasteiger partial charge in [0.15, 0.2) is 0 Å². The molecule has 9 heteroatoms. The van der Waals surface area contributed by atoms with Crippen molar-refractivity contribution in [3.8, 4) is 0 Å². The number of alkyl carbamates (subject to hydrolysis) is 1. The predicted molar refractivity (Wildman–Crippen MR) is 85.1 cm³/mol. The standard InChI is InChI=1S/C13H29N3O5S/c1-13(2,3)21-12(17)16-7-5-6-11(10-20-4)15-8-9-22(14,18)19/h11,15H,5-10H2,1-4H3,(H,16,17)(H2,14,18,19). The molecule has 0 aromatic carbocycles. The highest BCUT2D eigenvalue weighted by atomic mass is 32.2. The van der Waals surface area contributed by atoms with Crippen molar-refractivity contribution in [2.75, 3.05) is 32.6 Å². The summed E-state index contributed by atoms with van der Waals surface area (Å²) in [4.78, 5) is 11.5. The van der Waals surface area contributed by atoms with Crippen LogP contribution < -0.4 is 15.8 Å². The van der Waals surface area contributed by atoms with Crippen LogP contribution in [0.3, 0.4) is 0 Å². The van der Waals surface area contributed by atoms with Gasteiger partial charge in [-0.15, -0.1) is 0 Å². The summed E-state index contributed by atoms with van der Waals surface area (Å²) in [5.74, 6) is -0.122. The SMILES string of the molecule is COCC(CCCNC(=O)OC(C)(C)C)NCCS(N)(=O)=O. The van der Waals surface area contributed by atoms with Gasteiger partial charge in [0, 0.05) is 26.2 Å². The van der Waals surface area contributed by atoms with E-state index in [1.165, 1.54) is 0 Å². The predicted octanol–water partition coefficient (Wildman–Crippen LogP) is 0.184. The number of nitrogens with one attached hydrogen (secondary N) is 2. The second-order valence-corrected chi connectivity index (χ2v) is 7.78. The Morgan fingerprint density at radius 3 is 2.41 bits per heavy atom. The molecule has 0 spiro atoms. The van der Waals surface area contributed by atoms with E-state index in [0.29, 0.717) is 13.2 Å². The van der Waals surface area contributed by atoms with E-state index < -0.39 is 21.7 Å². The summed E-state index contributed by atoms with van der Waals surface area (Å²) in [5, 5.41) is 10.7. The second-order valence-electron chi connectivity index (χ2n) is 6.04. The van der Waals surface area contributed by atoms with Crippen LogP contribution in [0.25, 0.3) is 0 Å². The minimum atomic E-state index is -3.47. The Labute approximate surface area is 133 Å². The first-order valence-corrected chi connectivity index (χ1v) is 8.94. The third kappa shape index (κ3) is 14.1. The van der Waals surface area contributed by atoms with E-state index in [-0.39, 0.29) is 18.3 Å². The highest BCUT2D eigenvalue weighted by Gasteiger charge is 2.16. The smallest absolute Gasteiger partial charge is 0.407 e. The Bertz CT molecular complexity index is 420. The Morgan fingerprint density at radius 2 is 1.91 bits per heavy atom. The third-order valence-electron chi connectivity index (χ3n) is 2.59. The number of nitrogens with two attached hydrogens (primary N) is 1. The molecule has 0 rings (SSSR count). The van der Waals surface area contributed by atoms with E-state index in [4.69, 9.17) is 14.6 Å². The Balaban J connectivity index is 3.93. The van der Waals surface area contributed by atoms with Gasteiger partial charge in [-0.2, -0.15) is 0 Å². The molecule has 0 aliphatic heterocycles. The van der Waals surface area contributed by atoms with E-state index >= 15 is 0 Å². The van der Waals surface area contributed by atoms with Crippen LogP contribution in [0.1, 0.15) is 33.6 Å². The van der Waals surface area contributed by atoms with Crippen LogP contribution in [0.4, 0.5) is 4.79 Å². The highest BCUT2D eigenvalue weighted by Crippen LogP contribution is 2.06. The average molecular weight is 339 g/mol. The number of amides is 1.